The van der Waals surface area contributed by atoms with E-state index >= 15 is 0 Å². The number of ether oxygens (including phenoxy) is 1. The Labute approximate surface area is 176 Å². The van der Waals surface area contributed by atoms with Crippen LogP contribution in [0.4, 0.5) is 0 Å². The number of aryl methyl sites for hydroxylation is 1. The van der Waals surface area contributed by atoms with Crippen LogP contribution in [-0.2, 0) is 17.9 Å². The SMILES string of the molecule is Cc1nccn1CC(OCc1ccccc1)c1ccc(Sc2ccccc2)cc1. The predicted molar refractivity (Wildman–Crippen MR) is 118 cm³/mol. The fourth-order valence-corrected chi connectivity index (χ4v) is 4.01. The van der Waals surface area contributed by atoms with Crippen molar-refractivity contribution >= 4 is 11.8 Å². The molecule has 1 unspecified atom stereocenters. The van der Waals surface area contributed by atoms with Gasteiger partial charge >= 0.3 is 0 Å². The predicted octanol–water partition coefficient (Wildman–Crippen LogP) is 6.30. The first-order valence-corrected chi connectivity index (χ1v) is 10.6. The molecule has 0 fully saturated rings. The van der Waals surface area contributed by atoms with Crippen molar-refractivity contribution in [1.29, 1.82) is 0 Å². The zero-order valence-corrected chi connectivity index (χ0v) is 17.3. The van der Waals surface area contributed by atoms with Gasteiger partial charge in [0, 0.05) is 22.2 Å². The van der Waals surface area contributed by atoms with E-state index in [0.717, 1.165) is 12.4 Å². The molecule has 0 aliphatic heterocycles. The van der Waals surface area contributed by atoms with E-state index in [4.69, 9.17) is 4.74 Å². The molecule has 0 saturated heterocycles. The lowest BCUT2D eigenvalue weighted by Gasteiger charge is -2.20. The van der Waals surface area contributed by atoms with Gasteiger partial charge in [-0.15, -0.1) is 0 Å². The van der Waals surface area contributed by atoms with E-state index in [-0.39, 0.29) is 6.10 Å². The standard InChI is InChI=1S/C25H24N2OS/c1-20-26-16-17-27(20)18-25(28-19-21-8-4-2-5-9-21)22-12-14-24(15-13-22)29-23-10-6-3-7-11-23/h2-17,25H,18-19H2,1H3. The van der Waals surface area contributed by atoms with E-state index in [1.54, 1.807) is 11.8 Å². The summed E-state index contributed by atoms with van der Waals surface area (Å²) in [6.45, 7) is 3.34. The summed E-state index contributed by atoms with van der Waals surface area (Å²) in [7, 11) is 0. The second kappa shape index (κ2) is 9.59. The molecule has 0 N–H and O–H groups in total. The van der Waals surface area contributed by atoms with Crippen LogP contribution in [-0.4, -0.2) is 9.55 Å². The van der Waals surface area contributed by atoms with E-state index in [1.165, 1.54) is 20.9 Å². The van der Waals surface area contributed by atoms with Crippen LogP contribution in [0.1, 0.15) is 23.1 Å². The van der Waals surface area contributed by atoms with Crippen molar-refractivity contribution < 1.29 is 4.74 Å². The highest BCUT2D eigenvalue weighted by Gasteiger charge is 2.15. The van der Waals surface area contributed by atoms with E-state index < -0.39 is 0 Å². The molecule has 4 heteroatoms. The lowest BCUT2D eigenvalue weighted by atomic mass is 10.1. The molecule has 0 radical (unpaired) electrons. The summed E-state index contributed by atoms with van der Waals surface area (Å²) in [6.07, 6.45) is 3.80. The zero-order chi connectivity index (χ0) is 19.9. The molecule has 0 saturated carbocycles. The number of imidazole rings is 1. The van der Waals surface area contributed by atoms with Crippen molar-refractivity contribution in [3.8, 4) is 0 Å². The molecule has 29 heavy (non-hydrogen) atoms. The van der Waals surface area contributed by atoms with Crippen molar-refractivity contribution in [2.75, 3.05) is 0 Å². The molecule has 1 atom stereocenters. The van der Waals surface area contributed by atoms with E-state index in [9.17, 15) is 0 Å². The smallest absolute Gasteiger partial charge is 0.105 e. The van der Waals surface area contributed by atoms with Gasteiger partial charge in [-0.25, -0.2) is 4.98 Å². The quantitative estimate of drug-likeness (QED) is 0.347. The first kappa shape index (κ1) is 19.5. The van der Waals surface area contributed by atoms with Crippen LogP contribution >= 0.6 is 11.8 Å². The highest BCUT2D eigenvalue weighted by Crippen LogP contribution is 2.30. The maximum atomic E-state index is 6.35. The van der Waals surface area contributed by atoms with Gasteiger partial charge in [-0.3, -0.25) is 0 Å². The van der Waals surface area contributed by atoms with E-state index in [0.29, 0.717) is 6.61 Å². The van der Waals surface area contributed by atoms with Gasteiger partial charge in [0.2, 0.25) is 0 Å². The largest absolute Gasteiger partial charge is 0.367 e. The summed E-state index contributed by atoms with van der Waals surface area (Å²) in [5.41, 5.74) is 2.35. The number of rotatable bonds is 8. The Hall–Kier alpha value is -2.82. The normalized spacial score (nSPS) is 12.0. The first-order valence-electron chi connectivity index (χ1n) is 9.74. The number of hydrogen-bond acceptors (Lipinski definition) is 3. The molecule has 0 spiro atoms. The van der Waals surface area contributed by atoms with Crippen LogP contribution < -0.4 is 0 Å². The van der Waals surface area contributed by atoms with Crippen molar-refractivity contribution in [2.45, 2.75) is 36.0 Å². The highest BCUT2D eigenvalue weighted by atomic mass is 32.2. The van der Waals surface area contributed by atoms with Gasteiger partial charge in [0.15, 0.2) is 0 Å². The minimum Gasteiger partial charge on any atom is -0.367 e. The second-order valence-corrected chi connectivity index (χ2v) is 8.04. The zero-order valence-electron chi connectivity index (χ0n) is 16.4. The number of benzene rings is 3. The van der Waals surface area contributed by atoms with Crippen molar-refractivity contribution in [3.63, 3.8) is 0 Å². The van der Waals surface area contributed by atoms with Gasteiger partial charge in [0.05, 0.1) is 13.2 Å². The molecule has 3 nitrogen and oxygen atoms in total. The monoisotopic (exact) mass is 400 g/mol. The molecule has 146 valence electrons. The van der Waals surface area contributed by atoms with Gasteiger partial charge in [0.1, 0.15) is 11.9 Å². The average Bonchev–Trinajstić information content (AvgIpc) is 3.17. The number of nitrogens with zero attached hydrogens (tertiary/aromatic N) is 2. The maximum absolute atomic E-state index is 6.35. The van der Waals surface area contributed by atoms with E-state index in [2.05, 4.69) is 70.2 Å². The van der Waals surface area contributed by atoms with Crippen LogP contribution in [0.15, 0.2) is 107 Å². The second-order valence-electron chi connectivity index (χ2n) is 6.90. The Kier molecular flexibility index (Phi) is 6.45. The van der Waals surface area contributed by atoms with Gasteiger partial charge in [-0.05, 0) is 42.3 Å². The average molecular weight is 401 g/mol. The molecular formula is C25H24N2OS. The summed E-state index contributed by atoms with van der Waals surface area (Å²) in [6, 6.07) is 29.4. The van der Waals surface area contributed by atoms with E-state index in [1.807, 2.05) is 43.6 Å². The number of aromatic nitrogens is 2. The van der Waals surface area contributed by atoms with Gasteiger partial charge < -0.3 is 9.30 Å². The van der Waals surface area contributed by atoms with Gasteiger partial charge in [-0.2, -0.15) is 0 Å². The minimum absolute atomic E-state index is 0.0427. The minimum atomic E-state index is -0.0427. The van der Waals surface area contributed by atoms with Gasteiger partial charge in [0.25, 0.3) is 0 Å². The number of hydrogen-bond donors (Lipinski definition) is 0. The van der Waals surface area contributed by atoms with Crippen LogP contribution in [0.25, 0.3) is 0 Å². The fourth-order valence-electron chi connectivity index (χ4n) is 3.18. The summed E-state index contributed by atoms with van der Waals surface area (Å²) < 4.78 is 8.49. The summed E-state index contributed by atoms with van der Waals surface area (Å²) in [5.74, 6) is 0.995. The molecule has 0 aliphatic rings. The molecule has 0 amide bonds. The summed E-state index contributed by atoms with van der Waals surface area (Å²) >= 11 is 1.77. The van der Waals surface area contributed by atoms with Crippen LogP contribution in [0.2, 0.25) is 0 Å². The molecule has 4 rings (SSSR count). The van der Waals surface area contributed by atoms with Crippen LogP contribution in [0.3, 0.4) is 0 Å². The van der Waals surface area contributed by atoms with Crippen molar-refractivity contribution in [1.82, 2.24) is 9.55 Å². The van der Waals surface area contributed by atoms with Crippen molar-refractivity contribution in [3.05, 3.63) is 114 Å². The molecule has 0 bridgehead atoms. The Morgan fingerprint density at radius 3 is 2.17 bits per heavy atom. The molecular weight excluding hydrogens is 376 g/mol. The molecule has 4 aromatic rings. The fraction of sp³-hybridized carbons (Fsp3) is 0.160. The molecule has 1 heterocycles. The molecule has 3 aromatic carbocycles. The summed E-state index contributed by atoms with van der Waals surface area (Å²) in [4.78, 5) is 6.81. The topological polar surface area (TPSA) is 27.1 Å². The lowest BCUT2D eigenvalue weighted by Crippen LogP contribution is -2.13. The highest BCUT2D eigenvalue weighted by molar-refractivity contribution is 7.99. The maximum Gasteiger partial charge on any atom is 0.105 e. The summed E-state index contributed by atoms with van der Waals surface area (Å²) in [5, 5.41) is 0. The molecule has 1 aromatic heterocycles. The third kappa shape index (κ3) is 5.37. The van der Waals surface area contributed by atoms with Crippen LogP contribution in [0, 0.1) is 6.92 Å². The van der Waals surface area contributed by atoms with Gasteiger partial charge in [-0.1, -0.05) is 72.4 Å². The first-order chi connectivity index (χ1) is 14.3. The Morgan fingerprint density at radius 1 is 0.862 bits per heavy atom. The molecule has 0 aliphatic carbocycles. The Balaban J connectivity index is 1.50. The lowest BCUT2D eigenvalue weighted by molar-refractivity contribution is 0.0276. The van der Waals surface area contributed by atoms with Crippen LogP contribution in [0.5, 0.6) is 0 Å². The Morgan fingerprint density at radius 2 is 1.52 bits per heavy atom. The third-order valence-corrected chi connectivity index (χ3v) is 5.83. The third-order valence-electron chi connectivity index (χ3n) is 4.81. The van der Waals surface area contributed by atoms with Crippen molar-refractivity contribution in [2.24, 2.45) is 0 Å². The Bertz CT molecular complexity index is 1010.